The number of carbonyl (C=O) groups is 1. The largest absolute Gasteiger partial charge is 0.388 e. The van der Waals surface area contributed by atoms with Gasteiger partial charge >= 0.3 is 0 Å². The Balaban J connectivity index is -0.0000000128. The van der Waals surface area contributed by atoms with Crippen LogP contribution < -0.4 is 0 Å². The Morgan fingerprint density at radius 3 is 1.00 bits per heavy atom. The van der Waals surface area contributed by atoms with Gasteiger partial charge in [0.2, 0.25) is 0 Å². The summed E-state index contributed by atoms with van der Waals surface area (Å²) >= 11 is 1.75. The van der Waals surface area contributed by atoms with Crippen molar-refractivity contribution in [3.63, 3.8) is 0 Å². The van der Waals surface area contributed by atoms with Crippen LogP contribution in [0.1, 0.15) is 36.1 Å². The molecule has 0 bridgehead atoms. The van der Waals surface area contributed by atoms with Crippen LogP contribution in [0.4, 0.5) is 0 Å². The van der Waals surface area contributed by atoms with E-state index >= 15 is 0 Å². The third-order valence-corrected chi connectivity index (χ3v) is 0. The SMILES string of the molecule is C.C.C.CC(C)=O.COC.CSC. The van der Waals surface area contributed by atoms with Crippen LogP contribution in [0, 0.1) is 0 Å². The van der Waals surface area contributed by atoms with Gasteiger partial charge in [0.25, 0.3) is 0 Å². The van der Waals surface area contributed by atoms with Gasteiger partial charge in [-0.3, -0.25) is 0 Å². The van der Waals surface area contributed by atoms with Crippen molar-refractivity contribution in [2.45, 2.75) is 36.1 Å². The monoisotopic (exact) mass is 214 g/mol. The molecule has 2 nitrogen and oxygen atoms in total. The predicted molar refractivity (Wildman–Crippen MR) is 68.9 cm³/mol. The Kier molecular flexibility index (Phi) is 171. The topological polar surface area (TPSA) is 26.3 Å². The number of hydrogen-bond donors (Lipinski definition) is 0. The molecule has 0 heterocycles. The Labute approximate surface area is 90.5 Å². The summed E-state index contributed by atoms with van der Waals surface area (Å²) < 4.78 is 4.25. The molecule has 0 atom stereocenters. The van der Waals surface area contributed by atoms with Crippen molar-refractivity contribution in [1.29, 1.82) is 0 Å². The molecule has 0 spiro atoms. The summed E-state index contributed by atoms with van der Waals surface area (Å²) in [7, 11) is 3.25. The molecule has 0 aliphatic carbocycles. The van der Waals surface area contributed by atoms with Crippen LogP contribution in [0.5, 0.6) is 0 Å². The number of thioether (sulfide) groups is 1. The van der Waals surface area contributed by atoms with Crippen molar-refractivity contribution in [3.05, 3.63) is 0 Å². The summed E-state index contributed by atoms with van der Waals surface area (Å²) in [5, 5.41) is 0. The summed E-state index contributed by atoms with van der Waals surface area (Å²) in [6.45, 7) is 3.06. The third kappa shape index (κ3) is 2980000. The average Bonchev–Trinajstić information content (AvgIpc) is 1.65. The number of ether oxygens (including phenoxy) is 1. The first-order valence-corrected chi connectivity index (χ1v) is 4.47. The highest BCUT2D eigenvalue weighted by atomic mass is 32.2. The molecule has 0 radical (unpaired) electrons. The van der Waals surface area contributed by atoms with Crippen LogP contribution in [-0.4, -0.2) is 32.5 Å². The molecule has 0 saturated heterocycles. The van der Waals surface area contributed by atoms with Crippen molar-refractivity contribution in [1.82, 2.24) is 0 Å². The molecule has 0 aliphatic rings. The molecule has 0 rings (SSSR count). The van der Waals surface area contributed by atoms with E-state index in [0.29, 0.717) is 0 Å². The molecule has 0 aromatic carbocycles. The number of rotatable bonds is 0. The van der Waals surface area contributed by atoms with Gasteiger partial charge in [-0.15, -0.1) is 0 Å². The van der Waals surface area contributed by atoms with Crippen LogP contribution >= 0.6 is 11.8 Å². The molecule has 0 saturated carbocycles. The molecule has 0 aromatic rings. The van der Waals surface area contributed by atoms with E-state index < -0.39 is 0 Å². The van der Waals surface area contributed by atoms with Crippen molar-refractivity contribution in [3.8, 4) is 0 Å². The van der Waals surface area contributed by atoms with Crippen LogP contribution in [-0.2, 0) is 9.53 Å². The lowest BCUT2D eigenvalue weighted by Gasteiger charge is -1.61. The lowest BCUT2D eigenvalue weighted by Crippen LogP contribution is -1.69. The van der Waals surface area contributed by atoms with Crippen LogP contribution in [0.2, 0.25) is 0 Å². The van der Waals surface area contributed by atoms with Gasteiger partial charge < -0.3 is 9.53 Å². The van der Waals surface area contributed by atoms with Crippen molar-refractivity contribution in [2.75, 3.05) is 26.7 Å². The molecule has 0 amide bonds. The van der Waals surface area contributed by atoms with Crippen molar-refractivity contribution in [2.24, 2.45) is 0 Å². The number of methoxy groups -OCH3 is 1. The molecule has 0 fully saturated rings. The zero-order chi connectivity index (χ0) is 8.99. The predicted octanol–water partition coefficient (Wildman–Crippen LogP) is 3.75. The van der Waals surface area contributed by atoms with E-state index in [0.717, 1.165) is 0 Å². The van der Waals surface area contributed by atoms with Crippen molar-refractivity contribution < 1.29 is 9.53 Å². The standard InChI is InChI=1S/C3H6O.C2H6O.C2H6S.3CH4/c1-3(2)4;2*1-3-2;;;/h1-2H3;2*1-2H3;3*1H4. The van der Waals surface area contributed by atoms with Crippen LogP contribution in [0.15, 0.2) is 0 Å². The highest BCUT2D eigenvalue weighted by molar-refractivity contribution is 7.97. The second-order valence-corrected chi connectivity index (χ2v) is 2.54. The maximum atomic E-state index is 9.44. The van der Waals surface area contributed by atoms with Gasteiger partial charge in [-0.05, 0) is 26.4 Å². The number of carbonyl (C=O) groups excluding carboxylic acids is 1. The molecule has 0 N–H and O–H groups in total. The quantitative estimate of drug-likeness (QED) is 0.614. The Hall–Kier alpha value is -0.0200. The highest BCUT2D eigenvalue weighted by Crippen LogP contribution is 1.70. The minimum Gasteiger partial charge on any atom is -0.388 e. The minimum absolute atomic E-state index is 0. The van der Waals surface area contributed by atoms with Gasteiger partial charge in [0.05, 0.1) is 0 Å². The average molecular weight is 214 g/mol. The van der Waals surface area contributed by atoms with Crippen molar-refractivity contribution >= 4 is 17.5 Å². The third-order valence-electron chi connectivity index (χ3n) is 0. The molecule has 13 heavy (non-hydrogen) atoms. The number of hydrogen-bond acceptors (Lipinski definition) is 3. The maximum Gasteiger partial charge on any atom is 0.126 e. The molecule has 0 aliphatic heterocycles. The van der Waals surface area contributed by atoms with E-state index in [-0.39, 0.29) is 28.1 Å². The van der Waals surface area contributed by atoms with Gasteiger partial charge in [-0.1, -0.05) is 22.3 Å². The summed E-state index contributed by atoms with van der Waals surface area (Å²) in [4.78, 5) is 9.44. The first kappa shape index (κ1) is 38.2. The summed E-state index contributed by atoms with van der Waals surface area (Å²) in [6.07, 6.45) is 4.08. The minimum atomic E-state index is 0. The normalized spacial score (nSPS) is 4.77. The van der Waals surface area contributed by atoms with Crippen LogP contribution in [0.25, 0.3) is 0 Å². The van der Waals surface area contributed by atoms with E-state index in [9.17, 15) is 4.79 Å². The van der Waals surface area contributed by atoms with Gasteiger partial charge in [-0.2, -0.15) is 11.8 Å². The van der Waals surface area contributed by atoms with E-state index in [4.69, 9.17) is 0 Å². The molecule has 3 heteroatoms. The second-order valence-electron chi connectivity index (χ2n) is 1.72. The zero-order valence-corrected chi connectivity index (χ0v) is 8.54. The summed E-state index contributed by atoms with van der Waals surface area (Å²) in [5.41, 5.74) is 0. The molecule has 0 aromatic heterocycles. The Morgan fingerprint density at radius 1 is 1.00 bits per heavy atom. The number of Topliss-reactive ketones (excluding diaryl/α,β-unsaturated/α-hetero) is 1. The van der Waals surface area contributed by atoms with Gasteiger partial charge in [-0.25, -0.2) is 0 Å². The van der Waals surface area contributed by atoms with Gasteiger partial charge in [0.1, 0.15) is 5.78 Å². The molecular weight excluding hydrogens is 184 g/mol. The number of ketones is 1. The fourth-order valence-electron chi connectivity index (χ4n) is 0. The Morgan fingerprint density at radius 2 is 1.00 bits per heavy atom. The summed E-state index contributed by atoms with van der Waals surface area (Å²) in [6, 6.07) is 0. The lowest BCUT2D eigenvalue weighted by molar-refractivity contribution is -0.114. The zero-order valence-electron chi connectivity index (χ0n) is 7.72. The first-order valence-electron chi connectivity index (χ1n) is 2.84. The maximum absolute atomic E-state index is 9.44. The molecule has 88 valence electrons. The van der Waals surface area contributed by atoms with E-state index in [1.807, 2.05) is 12.5 Å². The van der Waals surface area contributed by atoms with E-state index in [2.05, 4.69) is 4.74 Å². The molecule has 0 unspecified atom stereocenters. The van der Waals surface area contributed by atoms with E-state index in [1.165, 1.54) is 13.8 Å². The second kappa shape index (κ2) is 58.2. The Bertz CT molecular complexity index is 50.9. The first-order chi connectivity index (χ1) is 4.56. The van der Waals surface area contributed by atoms with Gasteiger partial charge in [0, 0.05) is 14.2 Å². The van der Waals surface area contributed by atoms with E-state index in [1.54, 1.807) is 26.0 Å². The smallest absolute Gasteiger partial charge is 0.126 e. The highest BCUT2D eigenvalue weighted by Gasteiger charge is 1.62. The van der Waals surface area contributed by atoms with Crippen LogP contribution in [0.3, 0.4) is 0 Å². The fraction of sp³-hybridized carbons (Fsp3) is 0.900. The summed E-state index contributed by atoms with van der Waals surface area (Å²) in [5.74, 6) is 0.167. The molecular formula is C10H30O2S. The fourth-order valence-corrected chi connectivity index (χ4v) is 0. The lowest BCUT2D eigenvalue weighted by atomic mass is 10.6. The van der Waals surface area contributed by atoms with Gasteiger partial charge in [0.15, 0.2) is 0 Å².